The van der Waals surface area contributed by atoms with Crippen molar-refractivity contribution in [3.8, 4) is 0 Å². The van der Waals surface area contributed by atoms with E-state index < -0.39 is 48.3 Å². The Balaban J connectivity index is 0.0000203. The van der Waals surface area contributed by atoms with E-state index in [2.05, 4.69) is 0 Å². The van der Waals surface area contributed by atoms with E-state index in [0.29, 0.717) is 50.8 Å². The van der Waals surface area contributed by atoms with E-state index in [9.17, 15) is 43.5 Å². The Morgan fingerprint density at radius 1 is 0.855 bits per heavy atom. The Labute approximate surface area is 460 Å². The van der Waals surface area contributed by atoms with E-state index in [4.69, 9.17) is 14.2 Å². The topological polar surface area (TPSA) is 197 Å². The highest BCUT2D eigenvalue weighted by Crippen LogP contribution is 2.33. The Bertz CT molecular complexity index is 2140. The number of amides is 5. The number of likely N-dealkylation sites (N-methyl/N-ethyl adjacent to an activating group) is 2. The Morgan fingerprint density at radius 3 is 2.05 bits per heavy atom. The second-order valence-corrected chi connectivity index (χ2v) is 23.3. The number of rotatable bonds is 33. The number of aliphatic hydroxyl groups excluding tert-OH is 1. The lowest BCUT2D eigenvalue weighted by Crippen LogP contribution is -2.54. The largest absolute Gasteiger partial charge is 0.445 e. The highest BCUT2D eigenvalue weighted by molar-refractivity contribution is 8.00. The summed E-state index contributed by atoms with van der Waals surface area (Å²) in [4.78, 5) is 114. The van der Waals surface area contributed by atoms with Crippen LogP contribution in [0.4, 0.5) is 4.79 Å². The van der Waals surface area contributed by atoms with Crippen LogP contribution in [0.25, 0.3) is 0 Å². The average Bonchev–Trinajstić information content (AvgIpc) is 3.99. The summed E-state index contributed by atoms with van der Waals surface area (Å²) in [6, 6.07) is 5.50. The Kier molecular flexibility index (Phi) is 27.6. The van der Waals surface area contributed by atoms with Gasteiger partial charge in [-0.15, -0.1) is 0 Å². The molecule has 3 rings (SSSR count). The molecule has 0 saturated carbocycles. The Hall–Kier alpha value is -4.45. The predicted molar refractivity (Wildman–Crippen MR) is 299 cm³/mol. The second-order valence-electron chi connectivity index (χ2n) is 22.2. The quantitative estimate of drug-likeness (QED) is 0.0399. The van der Waals surface area contributed by atoms with Gasteiger partial charge in [-0.1, -0.05) is 98.6 Å². The van der Waals surface area contributed by atoms with Crippen molar-refractivity contribution < 1.29 is 59.1 Å². The average molecular weight is 1090 g/mol. The molecule has 0 spiro atoms. The molecule has 1 N–H and O–H groups in total. The molecular weight excluding hydrogens is 989 g/mol. The molecule has 0 aromatic heterocycles. The lowest BCUT2D eigenvalue weighted by atomic mass is 9.83. The van der Waals surface area contributed by atoms with Crippen LogP contribution in [0, 0.1) is 35.5 Å². The molecule has 2 aliphatic rings. The molecule has 0 radical (unpaired) electrons. The van der Waals surface area contributed by atoms with Gasteiger partial charge in [0.25, 0.3) is 0 Å². The molecule has 1 aromatic carbocycles. The third kappa shape index (κ3) is 18.1. The molecule has 76 heavy (non-hydrogen) atoms. The lowest BCUT2D eigenvalue weighted by Gasteiger charge is -2.41. The summed E-state index contributed by atoms with van der Waals surface area (Å²) in [7, 11) is 6.34. The van der Waals surface area contributed by atoms with Crippen LogP contribution in [-0.4, -0.2) is 161 Å². The number of unbranched alkanes of at least 4 members (excludes halogenated alkanes) is 2. The number of nitrogens with zero attached hydrogens (tertiary/aromatic N) is 4. The van der Waals surface area contributed by atoms with Gasteiger partial charge in [-0.25, -0.2) is 4.79 Å². The molecule has 2 aliphatic heterocycles. The van der Waals surface area contributed by atoms with Crippen molar-refractivity contribution in [1.82, 2.24) is 19.6 Å². The summed E-state index contributed by atoms with van der Waals surface area (Å²) in [6.45, 7) is 19.7. The van der Waals surface area contributed by atoms with E-state index in [1.54, 1.807) is 43.2 Å². The van der Waals surface area contributed by atoms with E-state index in [1.165, 1.54) is 28.6 Å². The summed E-state index contributed by atoms with van der Waals surface area (Å²) in [6.07, 6.45) is 6.09. The normalized spacial score (nSPS) is 19.7. The van der Waals surface area contributed by atoms with Crippen molar-refractivity contribution in [2.45, 2.75) is 195 Å². The van der Waals surface area contributed by atoms with Crippen molar-refractivity contribution in [3.05, 3.63) is 47.0 Å². The number of thioether (sulfide) groups is 1. The number of likely N-dealkylation sites (tertiary alicyclic amines) is 2. The molecule has 17 heteroatoms. The number of allylic oxidation sites excluding steroid dienone is 1. The molecule has 0 bridgehead atoms. The van der Waals surface area contributed by atoms with Crippen molar-refractivity contribution >= 4 is 58.8 Å². The zero-order valence-corrected chi connectivity index (χ0v) is 49.5. The van der Waals surface area contributed by atoms with Gasteiger partial charge in [0.2, 0.25) is 23.6 Å². The monoisotopic (exact) mass is 1080 g/mol. The van der Waals surface area contributed by atoms with E-state index in [-0.39, 0.29) is 116 Å². The molecule has 2 fully saturated rings. The molecule has 5 amide bonds. The first-order chi connectivity index (χ1) is 35.9. The van der Waals surface area contributed by atoms with Gasteiger partial charge < -0.3 is 34.0 Å². The summed E-state index contributed by atoms with van der Waals surface area (Å²) >= 11 is 1.40. The molecular formula is C59H96N4O12S. The van der Waals surface area contributed by atoms with Crippen molar-refractivity contribution in [2.24, 2.45) is 35.5 Å². The molecule has 0 aliphatic carbocycles. The summed E-state index contributed by atoms with van der Waals surface area (Å²) < 4.78 is 17.8. The standard InChI is InChI=1S/C59H94N4O12S.H2/c1-16-38(7)54(49(73-13)33-51(67)62-29-21-23-46(62)56(74-14)41(10)47(65)30-40(9)55(69)39(8)17-2)60(11)57(70)45(36(3)4)32-48(66)53(37(5)6)61(12)59(72)75-35-43-26-24-42(25-27-43)31-44(64)22-19-18-20-28-63-52(68)34-50(76-15)58(63)71;/h17,24-27,36-38,40-41,45-46,49-50,53-56,69H,16,18-23,28-35H2,1-15H3;1H/b39-17+;/t38-,40-,41-,45-,46-,49+,50?,53-,54-,55-,56+;/m0./s1. The number of benzene rings is 1. The van der Waals surface area contributed by atoms with Gasteiger partial charge >= 0.3 is 6.09 Å². The smallest absolute Gasteiger partial charge is 0.410 e. The van der Waals surface area contributed by atoms with Gasteiger partial charge in [-0.05, 0) is 86.2 Å². The zero-order chi connectivity index (χ0) is 57.1. The second kappa shape index (κ2) is 31.8. The molecule has 2 saturated heterocycles. The third-order valence-electron chi connectivity index (χ3n) is 16.2. The number of carbonyl (C=O) groups is 8. The van der Waals surface area contributed by atoms with Gasteiger partial charge in [0, 0.05) is 86.8 Å². The van der Waals surface area contributed by atoms with Crippen LogP contribution in [0.2, 0.25) is 0 Å². The highest BCUT2D eigenvalue weighted by atomic mass is 32.2. The van der Waals surface area contributed by atoms with Gasteiger partial charge in [0.15, 0.2) is 5.78 Å². The number of Topliss-reactive ketones (excluding diaryl/α,β-unsaturated/α-hetero) is 3. The highest BCUT2D eigenvalue weighted by Gasteiger charge is 2.44. The van der Waals surface area contributed by atoms with E-state index in [1.807, 2.05) is 93.7 Å². The Morgan fingerprint density at radius 2 is 1.50 bits per heavy atom. The summed E-state index contributed by atoms with van der Waals surface area (Å²) in [5, 5.41) is 10.4. The van der Waals surface area contributed by atoms with E-state index in [0.717, 1.165) is 24.0 Å². The third-order valence-corrected chi connectivity index (χ3v) is 17.1. The maximum absolute atomic E-state index is 14.7. The minimum absolute atomic E-state index is 0. The zero-order valence-electron chi connectivity index (χ0n) is 48.6. The van der Waals surface area contributed by atoms with Gasteiger partial charge in [-0.2, -0.15) is 11.8 Å². The first-order valence-corrected chi connectivity index (χ1v) is 29.0. The number of carbonyl (C=O) groups excluding carboxylic acids is 8. The number of hydrogen-bond donors (Lipinski definition) is 1. The van der Waals surface area contributed by atoms with Gasteiger partial charge in [0.05, 0.1) is 48.1 Å². The number of ether oxygens (including phenoxy) is 3. The van der Waals surface area contributed by atoms with Crippen LogP contribution < -0.4 is 0 Å². The first kappa shape index (κ1) is 65.8. The van der Waals surface area contributed by atoms with Gasteiger partial charge in [-0.3, -0.25) is 38.5 Å². The predicted octanol–water partition coefficient (Wildman–Crippen LogP) is 8.76. The minimum atomic E-state index is -0.882. The minimum Gasteiger partial charge on any atom is -0.445 e. The molecule has 16 nitrogen and oxygen atoms in total. The number of ketones is 3. The lowest BCUT2D eigenvalue weighted by molar-refractivity contribution is -0.149. The fourth-order valence-electron chi connectivity index (χ4n) is 11.1. The fraction of sp³-hybridized carbons (Fsp3) is 0.729. The molecule has 2 heterocycles. The molecule has 1 aromatic rings. The van der Waals surface area contributed by atoms with Crippen molar-refractivity contribution in [1.29, 1.82) is 0 Å². The molecule has 11 atom stereocenters. The fourth-order valence-corrected chi connectivity index (χ4v) is 11.7. The van der Waals surface area contributed by atoms with Crippen LogP contribution in [0.1, 0.15) is 152 Å². The van der Waals surface area contributed by atoms with Crippen molar-refractivity contribution in [3.63, 3.8) is 0 Å². The number of imide groups is 1. The maximum Gasteiger partial charge on any atom is 0.410 e. The maximum atomic E-state index is 14.7. The molecule has 430 valence electrons. The number of hydrogen-bond acceptors (Lipinski definition) is 13. The van der Waals surface area contributed by atoms with Crippen LogP contribution in [0.3, 0.4) is 0 Å². The van der Waals surface area contributed by atoms with Crippen LogP contribution in [-0.2, 0) is 60.8 Å². The van der Waals surface area contributed by atoms with Crippen LogP contribution in [0.15, 0.2) is 35.9 Å². The van der Waals surface area contributed by atoms with Gasteiger partial charge in [0.1, 0.15) is 18.2 Å². The van der Waals surface area contributed by atoms with Crippen LogP contribution >= 0.6 is 11.8 Å². The summed E-state index contributed by atoms with van der Waals surface area (Å²) in [5.41, 5.74) is 2.34. The number of aliphatic hydroxyl groups is 1. The van der Waals surface area contributed by atoms with Crippen molar-refractivity contribution in [2.75, 3.05) is 47.7 Å². The van der Waals surface area contributed by atoms with Crippen LogP contribution in [0.5, 0.6) is 0 Å². The summed E-state index contributed by atoms with van der Waals surface area (Å²) in [5.74, 6) is -3.09. The SMILES string of the molecule is C/C=C(\C)[C@H](O)[C@@H](C)CC(=O)[C@H](C)[C@@H](OC)[C@@H]1CCCN1C(=O)C[C@@H](OC)[C@H]([C@@H](C)CC)N(C)C(=O)[C@@H](CC(=O)[C@H](C(C)C)N(C)C(=O)OCc1ccc(CC(=O)CCCCCN2C(=O)CC(SC)C2=O)cc1)C(C)C.[HH]. The number of methoxy groups -OCH3 is 2. The van der Waals surface area contributed by atoms with E-state index >= 15 is 0 Å². The first-order valence-electron chi connectivity index (χ1n) is 27.7. The molecule has 1 unspecified atom stereocenters.